The van der Waals surface area contributed by atoms with Crippen molar-refractivity contribution in [3.63, 3.8) is 0 Å². The minimum atomic E-state index is 0.389. The number of aliphatic imine (C=N–C) groups is 1. The molecule has 1 unspecified atom stereocenters. The Kier molecular flexibility index (Phi) is 7.91. The normalized spacial score (nSPS) is 14.8. The van der Waals surface area contributed by atoms with E-state index in [4.69, 9.17) is 4.99 Å². The summed E-state index contributed by atoms with van der Waals surface area (Å²) in [6, 6.07) is 73.0. The summed E-state index contributed by atoms with van der Waals surface area (Å²) in [6.07, 6.45) is 5.65. The van der Waals surface area contributed by atoms with Gasteiger partial charge in [-0.3, -0.25) is 0 Å². The predicted octanol–water partition coefficient (Wildman–Crippen LogP) is 14.8. The average molecular weight is 806 g/mol. The molecular weight excluding hydrogens is 765 g/mol. The van der Waals surface area contributed by atoms with Gasteiger partial charge < -0.3 is 9.13 Å². The molecule has 296 valence electrons. The second kappa shape index (κ2) is 14.0. The Bertz CT molecular complexity index is 3710. The van der Waals surface area contributed by atoms with Crippen molar-refractivity contribution in [1.82, 2.24) is 9.13 Å². The van der Waals surface area contributed by atoms with Crippen molar-refractivity contribution in [2.75, 3.05) is 0 Å². The Hall–Kier alpha value is -8.08. The van der Waals surface area contributed by atoms with E-state index in [9.17, 15) is 0 Å². The van der Waals surface area contributed by atoms with Crippen LogP contribution in [0.1, 0.15) is 41.5 Å². The molecule has 0 radical (unpaired) electrons. The molecule has 2 aromatic heterocycles. The first-order valence-electron chi connectivity index (χ1n) is 21.9. The third kappa shape index (κ3) is 5.54. The molecule has 4 nitrogen and oxygen atoms in total. The molecule has 2 aliphatic rings. The van der Waals surface area contributed by atoms with Crippen LogP contribution in [0.2, 0.25) is 0 Å². The molecule has 11 aromatic rings. The van der Waals surface area contributed by atoms with Gasteiger partial charge in [0.25, 0.3) is 11.7 Å². The SMILES string of the molecule is CC1CC=Cc2cc(-n3c4ccccc4c4cc5cc(-n6c7ccccc7c7ccccc76)ccc5cc43)c(C3=NC(c4cccc(-c5ccccc5)c4)=[N+]3c3ccccc3)cc21. The first kappa shape index (κ1) is 35.7. The maximum atomic E-state index is 5.51. The summed E-state index contributed by atoms with van der Waals surface area (Å²) < 4.78 is 7.26. The van der Waals surface area contributed by atoms with Gasteiger partial charge in [0.05, 0.1) is 38.9 Å². The Morgan fingerprint density at radius 1 is 0.492 bits per heavy atom. The molecule has 0 amide bonds. The van der Waals surface area contributed by atoms with Crippen molar-refractivity contribution in [3.05, 3.63) is 229 Å². The van der Waals surface area contributed by atoms with E-state index in [1.165, 1.54) is 76.6 Å². The Morgan fingerprint density at radius 3 is 1.87 bits per heavy atom. The van der Waals surface area contributed by atoms with Crippen molar-refractivity contribution in [3.8, 4) is 22.5 Å². The third-order valence-electron chi connectivity index (χ3n) is 13.3. The fourth-order valence-corrected chi connectivity index (χ4v) is 10.3. The van der Waals surface area contributed by atoms with Crippen molar-refractivity contribution < 1.29 is 4.58 Å². The molecule has 4 heteroatoms. The fourth-order valence-electron chi connectivity index (χ4n) is 10.3. The number of nitrogens with zero attached hydrogens (tertiary/aromatic N) is 4. The molecule has 1 aliphatic carbocycles. The van der Waals surface area contributed by atoms with Gasteiger partial charge >= 0.3 is 0 Å². The van der Waals surface area contributed by atoms with E-state index in [0.717, 1.165) is 46.3 Å². The van der Waals surface area contributed by atoms with Gasteiger partial charge in [-0.05, 0) is 124 Å². The van der Waals surface area contributed by atoms with Crippen LogP contribution in [0, 0.1) is 0 Å². The number of hydrogen-bond donors (Lipinski definition) is 0. The number of allylic oxidation sites excluding steroid dienone is 1. The lowest BCUT2D eigenvalue weighted by molar-refractivity contribution is -0.319. The number of benzene rings is 9. The van der Waals surface area contributed by atoms with E-state index in [0.29, 0.717) is 5.92 Å². The molecule has 13 rings (SSSR count). The fraction of sp³-hybridized carbons (Fsp3) is 0.0508. The number of amidine groups is 2. The zero-order chi connectivity index (χ0) is 41.6. The largest absolute Gasteiger partial charge is 0.309 e. The van der Waals surface area contributed by atoms with Gasteiger partial charge in [-0.1, -0.05) is 145 Å². The van der Waals surface area contributed by atoms with E-state index in [1.807, 2.05) is 0 Å². The number of para-hydroxylation sites is 4. The summed E-state index contributed by atoms with van der Waals surface area (Å²) >= 11 is 0. The number of hydrogen-bond acceptors (Lipinski definition) is 1. The summed E-state index contributed by atoms with van der Waals surface area (Å²) in [4.78, 5) is 5.51. The summed E-state index contributed by atoms with van der Waals surface area (Å²) in [7, 11) is 0. The van der Waals surface area contributed by atoms with Crippen molar-refractivity contribution >= 4 is 77.8 Å². The quantitative estimate of drug-likeness (QED) is 0.150. The summed E-state index contributed by atoms with van der Waals surface area (Å²) in [5.41, 5.74) is 15.3. The molecule has 0 bridgehead atoms. The van der Waals surface area contributed by atoms with Crippen molar-refractivity contribution in [2.45, 2.75) is 19.3 Å². The van der Waals surface area contributed by atoms with E-state index >= 15 is 0 Å². The lowest BCUT2D eigenvalue weighted by Gasteiger charge is -2.25. The molecule has 1 aliphatic heterocycles. The maximum absolute atomic E-state index is 5.51. The molecule has 9 aromatic carbocycles. The van der Waals surface area contributed by atoms with E-state index in [-0.39, 0.29) is 0 Å². The topological polar surface area (TPSA) is 25.2 Å². The highest BCUT2D eigenvalue weighted by molar-refractivity contribution is 6.19. The molecular formula is C59H41N4+. The maximum Gasteiger partial charge on any atom is 0.281 e. The minimum absolute atomic E-state index is 0.389. The first-order valence-corrected chi connectivity index (χ1v) is 21.9. The summed E-state index contributed by atoms with van der Waals surface area (Å²) in [5, 5.41) is 7.40. The van der Waals surface area contributed by atoms with Gasteiger partial charge in [0, 0.05) is 27.2 Å². The molecule has 63 heavy (non-hydrogen) atoms. The Morgan fingerprint density at radius 2 is 1.13 bits per heavy atom. The summed E-state index contributed by atoms with van der Waals surface area (Å²) in [5.74, 6) is 2.28. The molecule has 3 heterocycles. The second-order valence-corrected chi connectivity index (χ2v) is 17.0. The molecule has 1 atom stereocenters. The molecule has 0 N–H and O–H groups in total. The van der Waals surface area contributed by atoms with Crippen LogP contribution in [0.3, 0.4) is 0 Å². The Balaban J connectivity index is 1.03. The standard InChI is InChI=1S/C59H41N4/c1-38-16-14-20-42-36-57(52(37-50(38)42)59-60-58(62(59)45-22-6-3-7-23-45)43-21-15-19-40(32-43)39-17-4-2-5-18-39)63-55-29-13-10-26-49(55)51-34-44-33-46(31-30-41(44)35-56(51)63)61-53-27-11-8-24-47(53)48-25-9-12-28-54(48)61/h2-15,17-38H,16H2,1H3/q+1. The second-order valence-electron chi connectivity index (χ2n) is 17.0. The minimum Gasteiger partial charge on any atom is -0.309 e. The van der Waals surface area contributed by atoms with Crippen LogP contribution in [0.4, 0.5) is 5.69 Å². The third-order valence-corrected chi connectivity index (χ3v) is 13.3. The lowest BCUT2D eigenvalue weighted by atomic mass is 9.86. The highest BCUT2D eigenvalue weighted by Crippen LogP contribution is 2.41. The average Bonchev–Trinajstić information content (AvgIpc) is 3.83. The van der Waals surface area contributed by atoms with Gasteiger partial charge in [-0.25, -0.2) is 0 Å². The highest BCUT2D eigenvalue weighted by Gasteiger charge is 2.36. The van der Waals surface area contributed by atoms with Gasteiger partial charge in [0.15, 0.2) is 0 Å². The van der Waals surface area contributed by atoms with Crippen LogP contribution < -0.4 is 0 Å². The smallest absolute Gasteiger partial charge is 0.281 e. The van der Waals surface area contributed by atoms with E-state index in [2.05, 4.69) is 233 Å². The molecule has 0 fully saturated rings. The van der Waals surface area contributed by atoms with Crippen LogP contribution in [0.5, 0.6) is 0 Å². The highest BCUT2D eigenvalue weighted by atomic mass is 15.2. The number of fused-ring (bicyclic) bond motifs is 8. The van der Waals surface area contributed by atoms with Gasteiger partial charge in [0.1, 0.15) is 5.69 Å². The lowest BCUT2D eigenvalue weighted by Crippen LogP contribution is -2.35. The van der Waals surface area contributed by atoms with Crippen LogP contribution in [-0.4, -0.2) is 25.4 Å². The van der Waals surface area contributed by atoms with Gasteiger partial charge in [-0.15, -0.1) is 0 Å². The number of rotatable bonds is 6. The molecule has 0 saturated carbocycles. The zero-order valence-corrected chi connectivity index (χ0v) is 34.8. The predicted molar refractivity (Wildman–Crippen MR) is 264 cm³/mol. The van der Waals surface area contributed by atoms with Crippen molar-refractivity contribution in [1.29, 1.82) is 0 Å². The summed E-state index contributed by atoms with van der Waals surface area (Å²) in [6.45, 7) is 2.34. The zero-order valence-electron chi connectivity index (χ0n) is 34.8. The van der Waals surface area contributed by atoms with E-state index in [1.54, 1.807) is 0 Å². The van der Waals surface area contributed by atoms with Crippen LogP contribution in [-0.2, 0) is 0 Å². The van der Waals surface area contributed by atoms with Crippen LogP contribution in [0.15, 0.2) is 211 Å². The van der Waals surface area contributed by atoms with Gasteiger partial charge in [0.2, 0.25) is 0 Å². The molecule has 0 spiro atoms. The molecule has 0 saturated heterocycles. The van der Waals surface area contributed by atoms with E-state index < -0.39 is 0 Å². The van der Waals surface area contributed by atoms with Crippen molar-refractivity contribution in [2.24, 2.45) is 4.99 Å². The Labute approximate surface area is 365 Å². The van der Waals surface area contributed by atoms with Crippen LogP contribution >= 0.6 is 0 Å². The van der Waals surface area contributed by atoms with Crippen LogP contribution in [0.25, 0.3) is 83.0 Å². The monoisotopic (exact) mass is 805 g/mol. The number of aromatic nitrogens is 2. The first-order chi connectivity index (χ1) is 31.2. The van der Waals surface area contributed by atoms with Gasteiger partial charge in [-0.2, -0.15) is 4.58 Å².